The number of nitrogens with zero attached hydrogens (tertiary/aromatic N) is 1. The molecule has 0 atom stereocenters. The van der Waals surface area contributed by atoms with Gasteiger partial charge in [0.15, 0.2) is 0 Å². The Bertz CT molecular complexity index is 2100. The molecule has 7 aromatic rings. The molecule has 2 nitrogen and oxygen atoms in total. The average Bonchev–Trinajstić information content (AvgIpc) is 3.44. The molecule has 0 saturated carbocycles. The van der Waals surface area contributed by atoms with Gasteiger partial charge in [-0.3, -0.25) is 0 Å². The van der Waals surface area contributed by atoms with E-state index in [1.807, 2.05) is 0 Å². The van der Waals surface area contributed by atoms with Crippen LogP contribution in [0.2, 0.25) is 0 Å². The van der Waals surface area contributed by atoms with Crippen LogP contribution in [0, 0.1) is 0 Å². The number of benzene rings is 5. The summed E-state index contributed by atoms with van der Waals surface area (Å²) in [6.07, 6.45) is 0. The molecule has 3 heteroatoms. The van der Waals surface area contributed by atoms with Gasteiger partial charge in [0.1, 0.15) is 5.03 Å². The predicted octanol–water partition coefficient (Wildman–Crippen LogP) is 12.5. The first-order valence-corrected chi connectivity index (χ1v) is 16.9. The fourth-order valence-corrected chi connectivity index (χ4v) is 7.04. The molecular formula is C43H40N2S. The van der Waals surface area contributed by atoms with E-state index in [0.717, 1.165) is 27.3 Å². The van der Waals surface area contributed by atoms with Gasteiger partial charge >= 0.3 is 0 Å². The van der Waals surface area contributed by atoms with Crippen molar-refractivity contribution < 1.29 is 0 Å². The highest BCUT2D eigenvalue weighted by Crippen LogP contribution is 2.38. The molecule has 2 heterocycles. The number of fused-ring (bicyclic) bond motifs is 3. The lowest BCUT2D eigenvalue weighted by atomic mass is 9.85. The van der Waals surface area contributed by atoms with Crippen LogP contribution in [0.3, 0.4) is 0 Å². The molecule has 46 heavy (non-hydrogen) atoms. The Morgan fingerprint density at radius 3 is 1.65 bits per heavy atom. The van der Waals surface area contributed by atoms with E-state index in [2.05, 4.69) is 174 Å². The lowest BCUT2D eigenvalue weighted by molar-refractivity contribution is 0.590. The molecule has 0 radical (unpaired) electrons. The van der Waals surface area contributed by atoms with E-state index < -0.39 is 0 Å². The van der Waals surface area contributed by atoms with Gasteiger partial charge < -0.3 is 4.98 Å². The van der Waals surface area contributed by atoms with Gasteiger partial charge in [-0.2, -0.15) is 0 Å². The highest BCUT2D eigenvalue weighted by molar-refractivity contribution is 7.99. The molecular weight excluding hydrogens is 577 g/mol. The zero-order chi connectivity index (χ0) is 32.1. The number of pyridine rings is 1. The summed E-state index contributed by atoms with van der Waals surface area (Å²) in [7, 11) is 0. The molecule has 228 valence electrons. The second-order valence-electron chi connectivity index (χ2n) is 14.3. The number of hydrogen-bond acceptors (Lipinski definition) is 2. The Balaban J connectivity index is 1.30. The maximum atomic E-state index is 5.21. The molecule has 0 aliphatic rings. The van der Waals surface area contributed by atoms with Crippen LogP contribution >= 0.6 is 11.8 Å². The maximum absolute atomic E-state index is 5.21. The molecule has 2 aromatic heterocycles. The van der Waals surface area contributed by atoms with Crippen LogP contribution in [0.5, 0.6) is 0 Å². The van der Waals surface area contributed by atoms with Crippen LogP contribution in [-0.4, -0.2) is 9.97 Å². The standard InChI is InChI=1S/C43H40N2S/c1-42(2,3)33-21-17-28(18-22-33)30-25-31(29-19-23-34(24-20-29)43(4,5)6)27-32(26-30)37-14-10-16-40(44-37)46-39-15-9-12-36-35-11-7-8-13-38(35)45-41(36)39/h7-27,45H,1-6H3. The van der Waals surface area contributed by atoms with Crippen LogP contribution in [0.25, 0.3) is 55.3 Å². The van der Waals surface area contributed by atoms with Crippen molar-refractivity contribution in [3.63, 3.8) is 0 Å². The summed E-state index contributed by atoms with van der Waals surface area (Å²) in [6, 6.07) is 46.3. The Morgan fingerprint density at radius 1 is 0.500 bits per heavy atom. The van der Waals surface area contributed by atoms with Gasteiger partial charge in [0, 0.05) is 26.7 Å². The monoisotopic (exact) mass is 616 g/mol. The molecule has 7 rings (SSSR count). The number of aromatic nitrogens is 2. The van der Waals surface area contributed by atoms with Gasteiger partial charge in [-0.25, -0.2) is 4.98 Å². The predicted molar refractivity (Wildman–Crippen MR) is 198 cm³/mol. The van der Waals surface area contributed by atoms with E-state index in [9.17, 15) is 0 Å². The molecule has 0 aliphatic carbocycles. The molecule has 0 bridgehead atoms. The first-order valence-electron chi connectivity index (χ1n) is 16.0. The number of H-pyrrole nitrogens is 1. The van der Waals surface area contributed by atoms with E-state index in [-0.39, 0.29) is 10.8 Å². The van der Waals surface area contributed by atoms with Gasteiger partial charge in [-0.15, -0.1) is 0 Å². The Labute approximate surface area is 276 Å². The third kappa shape index (κ3) is 6.00. The second-order valence-corrected chi connectivity index (χ2v) is 15.3. The highest BCUT2D eigenvalue weighted by Gasteiger charge is 2.16. The van der Waals surface area contributed by atoms with Crippen molar-refractivity contribution in [2.75, 3.05) is 0 Å². The van der Waals surface area contributed by atoms with Crippen molar-refractivity contribution in [2.45, 2.75) is 62.3 Å². The minimum Gasteiger partial charge on any atom is -0.354 e. The summed E-state index contributed by atoms with van der Waals surface area (Å²) in [5.74, 6) is 0. The molecule has 0 unspecified atom stereocenters. The fourth-order valence-electron chi connectivity index (χ4n) is 6.11. The molecule has 1 N–H and O–H groups in total. The van der Waals surface area contributed by atoms with Crippen LogP contribution in [0.4, 0.5) is 0 Å². The van der Waals surface area contributed by atoms with Gasteiger partial charge in [0.05, 0.1) is 11.2 Å². The van der Waals surface area contributed by atoms with Gasteiger partial charge in [0.2, 0.25) is 0 Å². The first kappa shape index (κ1) is 30.1. The highest BCUT2D eigenvalue weighted by atomic mass is 32.2. The van der Waals surface area contributed by atoms with Crippen LogP contribution in [0.1, 0.15) is 52.7 Å². The van der Waals surface area contributed by atoms with Crippen molar-refractivity contribution in [1.82, 2.24) is 9.97 Å². The van der Waals surface area contributed by atoms with E-state index in [4.69, 9.17) is 4.98 Å². The number of rotatable bonds is 5. The van der Waals surface area contributed by atoms with Crippen LogP contribution in [-0.2, 0) is 10.8 Å². The van der Waals surface area contributed by atoms with E-state index in [1.54, 1.807) is 11.8 Å². The normalized spacial score (nSPS) is 12.2. The SMILES string of the molecule is CC(C)(C)c1ccc(-c2cc(-c3ccc(C(C)(C)C)cc3)cc(-c3cccc(Sc4cccc5c4[nH]c4ccccc45)n3)c2)cc1. The average molecular weight is 617 g/mol. The number of hydrogen-bond donors (Lipinski definition) is 1. The number of aromatic amines is 1. The number of para-hydroxylation sites is 2. The maximum Gasteiger partial charge on any atom is 0.102 e. The minimum absolute atomic E-state index is 0.111. The van der Waals surface area contributed by atoms with E-state index in [0.29, 0.717) is 0 Å². The topological polar surface area (TPSA) is 28.7 Å². The lowest BCUT2D eigenvalue weighted by Crippen LogP contribution is -2.10. The molecule has 0 fully saturated rings. The molecule has 0 amide bonds. The molecule has 0 aliphatic heterocycles. The van der Waals surface area contributed by atoms with Crippen molar-refractivity contribution in [3.8, 4) is 33.5 Å². The van der Waals surface area contributed by atoms with Crippen molar-refractivity contribution in [2.24, 2.45) is 0 Å². The van der Waals surface area contributed by atoms with Gasteiger partial charge in [-0.1, -0.05) is 138 Å². The summed E-state index contributed by atoms with van der Waals surface area (Å²) in [5.41, 5.74) is 12.1. The van der Waals surface area contributed by atoms with Crippen LogP contribution in [0.15, 0.2) is 137 Å². The fraction of sp³-hybridized carbons (Fsp3) is 0.186. The third-order valence-electron chi connectivity index (χ3n) is 8.84. The Hall–Kier alpha value is -4.60. The number of nitrogens with one attached hydrogen (secondary N) is 1. The van der Waals surface area contributed by atoms with Crippen molar-refractivity contribution in [1.29, 1.82) is 0 Å². The summed E-state index contributed by atoms with van der Waals surface area (Å²) >= 11 is 1.71. The zero-order valence-corrected chi connectivity index (χ0v) is 28.3. The Kier molecular flexibility index (Phi) is 7.61. The van der Waals surface area contributed by atoms with Gasteiger partial charge in [-0.05, 0) is 86.7 Å². The van der Waals surface area contributed by atoms with Crippen molar-refractivity contribution >= 4 is 33.6 Å². The summed E-state index contributed by atoms with van der Waals surface area (Å²) < 4.78 is 0. The second kappa shape index (κ2) is 11.6. The largest absolute Gasteiger partial charge is 0.354 e. The smallest absolute Gasteiger partial charge is 0.102 e. The Morgan fingerprint density at radius 2 is 1.04 bits per heavy atom. The molecule has 5 aromatic carbocycles. The van der Waals surface area contributed by atoms with Crippen LogP contribution < -0.4 is 0 Å². The van der Waals surface area contributed by atoms with Crippen molar-refractivity contribution in [3.05, 3.63) is 139 Å². The lowest BCUT2D eigenvalue weighted by Gasteiger charge is -2.20. The summed E-state index contributed by atoms with van der Waals surface area (Å²) in [4.78, 5) is 10.0. The first-order chi connectivity index (χ1) is 22.0. The van der Waals surface area contributed by atoms with E-state index in [1.165, 1.54) is 49.0 Å². The van der Waals surface area contributed by atoms with E-state index >= 15 is 0 Å². The summed E-state index contributed by atoms with van der Waals surface area (Å²) in [5, 5.41) is 3.46. The van der Waals surface area contributed by atoms with Gasteiger partial charge in [0.25, 0.3) is 0 Å². The molecule has 0 saturated heterocycles. The zero-order valence-electron chi connectivity index (χ0n) is 27.5. The summed E-state index contributed by atoms with van der Waals surface area (Å²) in [6.45, 7) is 13.6. The molecule has 0 spiro atoms. The third-order valence-corrected chi connectivity index (χ3v) is 9.84. The quantitative estimate of drug-likeness (QED) is 0.208. The minimum atomic E-state index is 0.111.